The third-order valence-electron chi connectivity index (χ3n) is 3.96. The Morgan fingerprint density at radius 2 is 1.74 bits per heavy atom. The lowest BCUT2D eigenvalue weighted by molar-refractivity contribution is -0.255. The number of hydrogen-bond donors (Lipinski definition) is 0. The maximum Gasteiger partial charge on any atom is 0.0715 e. The highest BCUT2D eigenvalue weighted by Gasteiger charge is 2.09. The molecule has 0 radical (unpaired) electrons. The molecule has 0 atom stereocenters. The number of carboxylic acid groups (broad SMARTS) is 1. The molecule has 0 amide bonds. The zero-order valence-corrected chi connectivity index (χ0v) is 12.1. The van der Waals surface area contributed by atoms with Crippen LogP contribution in [0.3, 0.4) is 0 Å². The molecule has 2 aromatic carbocycles. The molecule has 0 aliphatic carbocycles. The van der Waals surface area contributed by atoms with E-state index in [9.17, 15) is 9.90 Å². The van der Waals surface area contributed by atoms with Gasteiger partial charge in [-0.2, -0.15) is 0 Å². The van der Waals surface area contributed by atoms with Crippen LogP contribution in [-0.2, 0) is 0 Å². The van der Waals surface area contributed by atoms with Crippen molar-refractivity contribution in [1.29, 1.82) is 0 Å². The molecule has 2 aromatic heterocycles. The van der Waals surface area contributed by atoms with Crippen LogP contribution >= 0.6 is 0 Å². The number of carbonyl (C=O) groups is 1. The first-order valence-corrected chi connectivity index (χ1v) is 7.16. The molecular weight excluding hydrogens is 288 g/mol. The van der Waals surface area contributed by atoms with E-state index in [2.05, 4.69) is 9.97 Å². The number of aromatic carboxylic acids is 1. The second-order valence-corrected chi connectivity index (χ2v) is 5.31. The highest BCUT2D eigenvalue weighted by atomic mass is 16.4. The molecule has 0 N–H and O–H groups in total. The van der Waals surface area contributed by atoms with Gasteiger partial charge in [-0.25, -0.2) is 0 Å². The molecule has 4 heteroatoms. The van der Waals surface area contributed by atoms with Crippen LogP contribution in [0.4, 0.5) is 0 Å². The van der Waals surface area contributed by atoms with Gasteiger partial charge in [-0.05, 0) is 51.6 Å². The Hall–Kier alpha value is -3.27. The SMILES string of the molecule is O=C([O-])c1ccc2c(c1)cc(-c1cccnc1)c1ccncc12. The van der Waals surface area contributed by atoms with Crippen molar-refractivity contribution in [3.63, 3.8) is 0 Å². The minimum Gasteiger partial charge on any atom is -0.545 e. The Morgan fingerprint density at radius 3 is 2.52 bits per heavy atom. The number of carboxylic acids is 1. The highest BCUT2D eigenvalue weighted by Crippen LogP contribution is 2.34. The van der Waals surface area contributed by atoms with E-state index in [1.807, 2.05) is 24.3 Å². The molecular formula is C19H11N2O2-. The van der Waals surface area contributed by atoms with Gasteiger partial charge in [0.25, 0.3) is 0 Å². The van der Waals surface area contributed by atoms with Crippen molar-refractivity contribution >= 4 is 27.5 Å². The van der Waals surface area contributed by atoms with E-state index in [-0.39, 0.29) is 5.56 Å². The Morgan fingerprint density at radius 1 is 0.870 bits per heavy atom. The summed E-state index contributed by atoms with van der Waals surface area (Å²) in [4.78, 5) is 19.5. The molecule has 23 heavy (non-hydrogen) atoms. The van der Waals surface area contributed by atoms with Crippen LogP contribution in [0.2, 0.25) is 0 Å². The van der Waals surface area contributed by atoms with Crippen LogP contribution in [-0.4, -0.2) is 15.9 Å². The van der Waals surface area contributed by atoms with Crippen molar-refractivity contribution < 1.29 is 9.90 Å². The Kier molecular flexibility index (Phi) is 3.01. The molecule has 0 aliphatic rings. The number of pyridine rings is 2. The van der Waals surface area contributed by atoms with Gasteiger partial charge < -0.3 is 9.90 Å². The number of nitrogens with zero attached hydrogens (tertiary/aromatic N) is 2. The summed E-state index contributed by atoms with van der Waals surface area (Å²) in [6, 6.07) is 12.8. The van der Waals surface area contributed by atoms with Crippen LogP contribution in [0.25, 0.3) is 32.7 Å². The summed E-state index contributed by atoms with van der Waals surface area (Å²) in [6.07, 6.45) is 7.08. The predicted octanol–water partition coefficient (Wildman–Crippen LogP) is 2.81. The summed E-state index contributed by atoms with van der Waals surface area (Å²) in [5.74, 6) is -1.18. The smallest absolute Gasteiger partial charge is 0.0715 e. The largest absolute Gasteiger partial charge is 0.545 e. The summed E-state index contributed by atoms with van der Waals surface area (Å²) >= 11 is 0. The lowest BCUT2D eigenvalue weighted by Crippen LogP contribution is -2.21. The molecule has 0 spiro atoms. The topological polar surface area (TPSA) is 65.9 Å². The summed E-state index contributed by atoms with van der Waals surface area (Å²) in [5, 5.41) is 15.0. The number of hydrogen-bond acceptors (Lipinski definition) is 4. The molecule has 0 unspecified atom stereocenters. The fourth-order valence-electron chi connectivity index (χ4n) is 2.89. The third kappa shape index (κ3) is 2.21. The number of fused-ring (bicyclic) bond motifs is 3. The predicted molar refractivity (Wildman–Crippen MR) is 86.8 cm³/mol. The number of aromatic nitrogens is 2. The van der Waals surface area contributed by atoms with Crippen molar-refractivity contribution in [1.82, 2.24) is 9.97 Å². The molecule has 2 heterocycles. The van der Waals surface area contributed by atoms with Gasteiger partial charge >= 0.3 is 0 Å². The Bertz CT molecular complexity index is 1040. The lowest BCUT2D eigenvalue weighted by Gasteiger charge is -2.12. The normalized spacial score (nSPS) is 11.0. The van der Waals surface area contributed by atoms with Crippen molar-refractivity contribution in [2.24, 2.45) is 0 Å². The standard InChI is InChI=1S/C19H12N2O2/c22-19(23)12-3-4-15-14(8-12)9-17(13-2-1-6-20-10-13)16-5-7-21-11-18(15)16/h1-11H,(H,22,23)/p-1. The maximum atomic E-state index is 11.1. The zero-order chi connectivity index (χ0) is 15.8. The van der Waals surface area contributed by atoms with Crippen LogP contribution in [0.1, 0.15) is 10.4 Å². The van der Waals surface area contributed by atoms with Gasteiger partial charge in [-0.15, -0.1) is 0 Å². The van der Waals surface area contributed by atoms with E-state index >= 15 is 0 Å². The molecule has 110 valence electrons. The van der Waals surface area contributed by atoms with Gasteiger partial charge in [0.2, 0.25) is 0 Å². The first kappa shape index (κ1) is 13.4. The summed E-state index contributed by atoms with van der Waals surface area (Å²) < 4.78 is 0. The van der Waals surface area contributed by atoms with E-state index in [0.29, 0.717) is 0 Å². The van der Waals surface area contributed by atoms with Crippen LogP contribution in [0, 0.1) is 0 Å². The van der Waals surface area contributed by atoms with E-state index in [1.165, 1.54) is 0 Å². The molecule has 0 aliphatic heterocycles. The third-order valence-corrected chi connectivity index (χ3v) is 3.96. The number of carbonyl (C=O) groups excluding carboxylic acids is 1. The average molecular weight is 299 g/mol. The molecule has 0 saturated carbocycles. The van der Waals surface area contributed by atoms with E-state index < -0.39 is 5.97 Å². The van der Waals surface area contributed by atoms with Crippen molar-refractivity contribution in [2.75, 3.05) is 0 Å². The first-order chi connectivity index (χ1) is 11.2. The molecule has 4 rings (SSSR count). The van der Waals surface area contributed by atoms with E-state index in [0.717, 1.165) is 32.7 Å². The quantitative estimate of drug-likeness (QED) is 0.534. The summed E-state index contributed by atoms with van der Waals surface area (Å²) in [7, 11) is 0. The van der Waals surface area contributed by atoms with Crippen LogP contribution < -0.4 is 5.11 Å². The number of benzene rings is 2. The Balaban J connectivity index is 2.13. The average Bonchev–Trinajstić information content (AvgIpc) is 2.61. The van der Waals surface area contributed by atoms with Crippen LogP contribution in [0.15, 0.2) is 67.3 Å². The number of rotatable bonds is 2. The molecule has 0 saturated heterocycles. The Labute approximate surface area is 132 Å². The fraction of sp³-hybridized carbons (Fsp3) is 0. The monoisotopic (exact) mass is 299 g/mol. The second-order valence-electron chi connectivity index (χ2n) is 5.31. The summed E-state index contributed by atoms with van der Waals surface area (Å²) in [5.41, 5.74) is 2.14. The van der Waals surface area contributed by atoms with E-state index in [1.54, 1.807) is 43.0 Å². The minimum absolute atomic E-state index is 0.165. The van der Waals surface area contributed by atoms with Gasteiger partial charge in [0.15, 0.2) is 0 Å². The van der Waals surface area contributed by atoms with Crippen molar-refractivity contribution in [3.05, 3.63) is 72.8 Å². The zero-order valence-electron chi connectivity index (χ0n) is 12.1. The van der Waals surface area contributed by atoms with Crippen molar-refractivity contribution in [3.8, 4) is 11.1 Å². The maximum absolute atomic E-state index is 11.1. The van der Waals surface area contributed by atoms with Gasteiger partial charge in [0, 0.05) is 35.7 Å². The van der Waals surface area contributed by atoms with Crippen LogP contribution in [0.5, 0.6) is 0 Å². The van der Waals surface area contributed by atoms with Gasteiger partial charge in [-0.1, -0.05) is 18.2 Å². The second kappa shape index (κ2) is 5.18. The van der Waals surface area contributed by atoms with Gasteiger partial charge in [0.1, 0.15) is 0 Å². The molecule has 4 aromatic rings. The minimum atomic E-state index is -1.18. The fourth-order valence-corrected chi connectivity index (χ4v) is 2.89. The van der Waals surface area contributed by atoms with E-state index in [4.69, 9.17) is 0 Å². The first-order valence-electron chi connectivity index (χ1n) is 7.16. The van der Waals surface area contributed by atoms with Crippen molar-refractivity contribution in [2.45, 2.75) is 0 Å². The molecule has 0 bridgehead atoms. The van der Waals surface area contributed by atoms with Gasteiger partial charge in [-0.3, -0.25) is 9.97 Å². The highest BCUT2D eigenvalue weighted by molar-refractivity contribution is 6.14. The molecule has 0 fully saturated rings. The lowest BCUT2D eigenvalue weighted by atomic mass is 9.94. The van der Waals surface area contributed by atoms with Gasteiger partial charge in [0.05, 0.1) is 5.97 Å². The summed E-state index contributed by atoms with van der Waals surface area (Å²) in [6.45, 7) is 0. The molecule has 4 nitrogen and oxygen atoms in total.